The monoisotopic (exact) mass is 371 g/mol. The molecule has 26 heavy (non-hydrogen) atoms. The number of amides is 1. The van der Waals surface area contributed by atoms with Crippen LogP contribution in [0.3, 0.4) is 0 Å². The Hall–Kier alpha value is -3.33. The average molecular weight is 371 g/mol. The highest BCUT2D eigenvalue weighted by atomic mass is 32.1. The lowest BCUT2D eigenvalue weighted by atomic mass is 10.2. The number of anilines is 1. The minimum absolute atomic E-state index is 0.119. The molecule has 9 heteroatoms. The SMILES string of the molecule is O=C(Cn1cnc2ccccc2c1=O)NNC(=S)Nc1ccc(F)cc1. The van der Waals surface area contributed by atoms with E-state index in [1.165, 1.54) is 35.2 Å². The highest BCUT2D eigenvalue weighted by Crippen LogP contribution is 2.07. The quantitative estimate of drug-likeness (QED) is 0.478. The third-order valence-corrected chi connectivity index (χ3v) is 3.67. The number of fused-ring (bicyclic) bond motifs is 1. The molecule has 1 heterocycles. The number of halogens is 1. The molecule has 0 aliphatic carbocycles. The van der Waals surface area contributed by atoms with Gasteiger partial charge in [-0.2, -0.15) is 0 Å². The lowest BCUT2D eigenvalue weighted by Crippen LogP contribution is -2.45. The van der Waals surface area contributed by atoms with Crippen LogP contribution in [0.1, 0.15) is 0 Å². The zero-order valence-electron chi connectivity index (χ0n) is 13.4. The second-order valence-electron chi connectivity index (χ2n) is 5.33. The van der Waals surface area contributed by atoms with E-state index in [0.29, 0.717) is 16.6 Å². The minimum Gasteiger partial charge on any atom is -0.331 e. The van der Waals surface area contributed by atoms with Crippen LogP contribution in [-0.4, -0.2) is 20.6 Å². The van der Waals surface area contributed by atoms with Gasteiger partial charge < -0.3 is 5.32 Å². The van der Waals surface area contributed by atoms with E-state index in [1.54, 1.807) is 24.3 Å². The molecule has 3 aromatic rings. The van der Waals surface area contributed by atoms with Crippen LogP contribution in [-0.2, 0) is 11.3 Å². The van der Waals surface area contributed by atoms with E-state index in [4.69, 9.17) is 12.2 Å². The van der Waals surface area contributed by atoms with Crippen LogP contribution >= 0.6 is 12.2 Å². The summed E-state index contributed by atoms with van der Waals surface area (Å²) in [6.07, 6.45) is 1.32. The van der Waals surface area contributed by atoms with Crippen molar-refractivity contribution in [3.05, 3.63) is 71.0 Å². The summed E-state index contributed by atoms with van der Waals surface area (Å²) in [5, 5.41) is 3.34. The summed E-state index contributed by atoms with van der Waals surface area (Å²) in [4.78, 5) is 28.5. The van der Waals surface area contributed by atoms with Crippen molar-refractivity contribution >= 4 is 39.8 Å². The molecule has 0 saturated carbocycles. The molecule has 132 valence electrons. The van der Waals surface area contributed by atoms with Gasteiger partial charge in [0.05, 0.1) is 17.2 Å². The zero-order chi connectivity index (χ0) is 18.5. The Labute approximate surface area is 152 Å². The van der Waals surface area contributed by atoms with Crippen LogP contribution in [0.15, 0.2) is 59.7 Å². The molecule has 1 aromatic heterocycles. The van der Waals surface area contributed by atoms with E-state index in [9.17, 15) is 14.0 Å². The average Bonchev–Trinajstić information content (AvgIpc) is 2.64. The predicted molar refractivity (Wildman–Crippen MR) is 99.9 cm³/mol. The number of para-hydroxylation sites is 1. The maximum atomic E-state index is 12.8. The summed E-state index contributed by atoms with van der Waals surface area (Å²) in [6.45, 7) is -0.219. The molecule has 0 unspecified atom stereocenters. The molecule has 1 amide bonds. The van der Waals surface area contributed by atoms with E-state index in [1.807, 2.05) is 0 Å². The number of thiocarbonyl (C=S) groups is 1. The van der Waals surface area contributed by atoms with Crippen molar-refractivity contribution in [1.29, 1.82) is 0 Å². The van der Waals surface area contributed by atoms with Crippen LogP contribution in [0.5, 0.6) is 0 Å². The van der Waals surface area contributed by atoms with E-state index in [0.717, 1.165) is 0 Å². The van der Waals surface area contributed by atoms with Gasteiger partial charge in [-0.15, -0.1) is 0 Å². The summed E-state index contributed by atoms with van der Waals surface area (Å²) < 4.78 is 14.1. The number of hydrogen-bond donors (Lipinski definition) is 3. The van der Waals surface area contributed by atoms with Crippen LogP contribution in [0, 0.1) is 5.82 Å². The van der Waals surface area contributed by atoms with Crippen molar-refractivity contribution in [3.63, 3.8) is 0 Å². The van der Waals surface area contributed by atoms with E-state index in [2.05, 4.69) is 21.2 Å². The van der Waals surface area contributed by atoms with Crippen molar-refractivity contribution < 1.29 is 9.18 Å². The molecule has 0 saturated heterocycles. The maximum absolute atomic E-state index is 12.8. The maximum Gasteiger partial charge on any atom is 0.261 e. The Kier molecular flexibility index (Phi) is 5.18. The Bertz CT molecular complexity index is 1020. The molecule has 0 radical (unpaired) electrons. The Balaban J connectivity index is 1.57. The Morgan fingerprint density at radius 2 is 1.85 bits per heavy atom. The molecular weight excluding hydrogens is 357 g/mol. The molecule has 2 aromatic carbocycles. The van der Waals surface area contributed by atoms with Crippen LogP contribution in [0.25, 0.3) is 10.9 Å². The van der Waals surface area contributed by atoms with Gasteiger partial charge in [0.25, 0.3) is 11.5 Å². The molecular formula is C17H14FN5O2S. The number of hydrazine groups is 1. The first-order chi connectivity index (χ1) is 12.5. The molecule has 0 bridgehead atoms. The van der Waals surface area contributed by atoms with Crippen molar-refractivity contribution in [2.45, 2.75) is 6.54 Å². The second kappa shape index (κ2) is 7.70. The van der Waals surface area contributed by atoms with Gasteiger partial charge in [0.15, 0.2) is 5.11 Å². The first kappa shape index (κ1) is 17.5. The van der Waals surface area contributed by atoms with Gasteiger partial charge in [-0.25, -0.2) is 9.37 Å². The fourth-order valence-electron chi connectivity index (χ4n) is 2.24. The third kappa shape index (κ3) is 4.19. The van der Waals surface area contributed by atoms with Gasteiger partial charge in [0.2, 0.25) is 0 Å². The topological polar surface area (TPSA) is 88.0 Å². The van der Waals surface area contributed by atoms with Crippen LogP contribution in [0.4, 0.5) is 10.1 Å². The highest BCUT2D eigenvalue weighted by molar-refractivity contribution is 7.80. The van der Waals surface area contributed by atoms with E-state index >= 15 is 0 Å². The van der Waals surface area contributed by atoms with E-state index < -0.39 is 5.91 Å². The number of carbonyl (C=O) groups excluding carboxylic acids is 1. The lowest BCUT2D eigenvalue weighted by molar-refractivity contribution is -0.122. The number of aromatic nitrogens is 2. The van der Waals surface area contributed by atoms with Crippen molar-refractivity contribution in [2.75, 3.05) is 5.32 Å². The molecule has 0 atom stereocenters. The van der Waals surface area contributed by atoms with Gasteiger partial charge >= 0.3 is 0 Å². The summed E-state index contributed by atoms with van der Waals surface area (Å²) >= 11 is 5.03. The molecule has 0 aliphatic rings. The number of nitrogens with zero attached hydrogens (tertiary/aromatic N) is 2. The summed E-state index contributed by atoms with van der Waals surface area (Å²) in [5.41, 5.74) is 5.72. The first-order valence-corrected chi connectivity index (χ1v) is 7.99. The Morgan fingerprint density at radius 1 is 1.12 bits per heavy atom. The summed E-state index contributed by atoms with van der Waals surface area (Å²) in [6, 6.07) is 12.5. The van der Waals surface area contributed by atoms with Crippen molar-refractivity contribution in [2.24, 2.45) is 0 Å². The number of rotatable bonds is 3. The van der Waals surface area contributed by atoms with Gasteiger partial charge in [0.1, 0.15) is 12.4 Å². The molecule has 3 rings (SSSR count). The summed E-state index contributed by atoms with van der Waals surface area (Å²) in [7, 11) is 0. The lowest BCUT2D eigenvalue weighted by Gasteiger charge is -2.12. The van der Waals surface area contributed by atoms with E-state index in [-0.39, 0.29) is 23.0 Å². The smallest absolute Gasteiger partial charge is 0.261 e. The molecule has 3 N–H and O–H groups in total. The summed E-state index contributed by atoms with van der Waals surface area (Å²) in [5.74, 6) is -0.843. The number of hydrogen-bond acceptors (Lipinski definition) is 4. The Morgan fingerprint density at radius 3 is 2.62 bits per heavy atom. The standard InChI is InChI=1S/C17H14FN5O2S/c18-11-5-7-12(8-6-11)20-17(26)22-21-15(24)9-23-10-19-14-4-2-1-3-13(14)16(23)25/h1-8,10H,9H2,(H,21,24)(H2,20,22,26). The third-order valence-electron chi connectivity index (χ3n) is 3.46. The van der Waals surface area contributed by atoms with Gasteiger partial charge in [0, 0.05) is 5.69 Å². The fraction of sp³-hybridized carbons (Fsp3) is 0.0588. The zero-order valence-corrected chi connectivity index (χ0v) is 14.2. The van der Waals surface area contributed by atoms with Crippen molar-refractivity contribution in [3.8, 4) is 0 Å². The molecule has 7 nitrogen and oxygen atoms in total. The van der Waals surface area contributed by atoms with Gasteiger partial charge in [-0.3, -0.25) is 25.0 Å². The minimum atomic E-state index is -0.479. The van der Waals surface area contributed by atoms with Crippen LogP contribution in [0.2, 0.25) is 0 Å². The molecule has 0 aliphatic heterocycles. The van der Waals surface area contributed by atoms with Crippen molar-refractivity contribution in [1.82, 2.24) is 20.4 Å². The first-order valence-electron chi connectivity index (χ1n) is 7.58. The number of nitrogens with one attached hydrogen (secondary N) is 3. The molecule has 0 fully saturated rings. The van der Waals surface area contributed by atoms with Gasteiger partial charge in [-0.1, -0.05) is 12.1 Å². The fourth-order valence-corrected chi connectivity index (χ4v) is 2.40. The second-order valence-corrected chi connectivity index (χ2v) is 5.74. The highest BCUT2D eigenvalue weighted by Gasteiger charge is 2.08. The predicted octanol–water partition coefficient (Wildman–Crippen LogP) is 1.55. The normalized spacial score (nSPS) is 10.3. The number of benzene rings is 2. The van der Waals surface area contributed by atoms with Gasteiger partial charge in [-0.05, 0) is 48.6 Å². The molecule has 0 spiro atoms. The van der Waals surface area contributed by atoms with Crippen LogP contribution < -0.4 is 21.7 Å². The number of carbonyl (C=O) groups is 1. The largest absolute Gasteiger partial charge is 0.331 e.